The molecule has 5 nitrogen and oxygen atoms in total. The predicted molar refractivity (Wildman–Crippen MR) is 71.0 cm³/mol. The fraction of sp³-hybridized carbons (Fsp3) is 0.357. The normalized spacial score (nSPS) is 16.1. The summed E-state index contributed by atoms with van der Waals surface area (Å²) in [5.41, 5.74) is 0.893. The molecule has 0 saturated heterocycles. The van der Waals surface area contributed by atoms with Crippen molar-refractivity contribution in [1.82, 2.24) is 20.1 Å². The zero-order valence-electron chi connectivity index (χ0n) is 10.8. The maximum Gasteiger partial charge on any atom is 0.291 e. The van der Waals surface area contributed by atoms with Crippen LogP contribution in [0.5, 0.6) is 0 Å². The maximum atomic E-state index is 12.0. The van der Waals surface area contributed by atoms with Gasteiger partial charge >= 0.3 is 0 Å². The number of nitrogens with zero attached hydrogens (tertiary/aromatic N) is 3. The van der Waals surface area contributed by atoms with Crippen molar-refractivity contribution in [2.24, 2.45) is 5.92 Å². The molecule has 3 rings (SSSR count). The number of para-hydroxylation sites is 1. The van der Waals surface area contributed by atoms with Crippen molar-refractivity contribution in [3.05, 3.63) is 42.5 Å². The Morgan fingerprint density at radius 3 is 2.79 bits per heavy atom. The Labute approximate surface area is 111 Å². The van der Waals surface area contributed by atoms with Crippen molar-refractivity contribution in [2.75, 3.05) is 0 Å². The van der Waals surface area contributed by atoms with E-state index in [-0.39, 0.29) is 17.8 Å². The monoisotopic (exact) mass is 256 g/mol. The zero-order valence-corrected chi connectivity index (χ0v) is 10.8. The van der Waals surface area contributed by atoms with Crippen molar-refractivity contribution in [3.63, 3.8) is 0 Å². The molecule has 0 aliphatic heterocycles. The van der Waals surface area contributed by atoms with Gasteiger partial charge in [-0.05, 0) is 37.8 Å². The van der Waals surface area contributed by atoms with Crippen LogP contribution < -0.4 is 5.32 Å². The second-order valence-electron chi connectivity index (χ2n) is 4.95. The lowest BCUT2D eigenvalue weighted by atomic mass is 10.2. The SMILES string of the molecule is C[C@H](NC(=O)c1ncn(-c2ccccc2)n1)C1CC1. The van der Waals surface area contributed by atoms with Gasteiger partial charge in [0.15, 0.2) is 0 Å². The van der Waals surface area contributed by atoms with E-state index in [2.05, 4.69) is 15.4 Å². The molecule has 1 aliphatic rings. The smallest absolute Gasteiger partial charge is 0.291 e. The average Bonchev–Trinajstić information content (AvgIpc) is 3.17. The summed E-state index contributed by atoms with van der Waals surface area (Å²) >= 11 is 0. The van der Waals surface area contributed by atoms with Gasteiger partial charge in [-0.3, -0.25) is 4.79 Å². The Kier molecular flexibility index (Phi) is 3.03. The van der Waals surface area contributed by atoms with E-state index in [1.54, 1.807) is 11.0 Å². The Balaban J connectivity index is 1.72. The van der Waals surface area contributed by atoms with E-state index in [4.69, 9.17) is 0 Å². The summed E-state index contributed by atoms with van der Waals surface area (Å²) in [5, 5.41) is 7.15. The van der Waals surface area contributed by atoms with Gasteiger partial charge in [0.05, 0.1) is 5.69 Å². The molecule has 1 heterocycles. The number of nitrogens with one attached hydrogen (secondary N) is 1. The fourth-order valence-corrected chi connectivity index (χ4v) is 2.06. The van der Waals surface area contributed by atoms with Gasteiger partial charge in [-0.1, -0.05) is 18.2 Å². The first-order valence-corrected chi connectivity index (χ1v) is 6.52. The third kappa shape index (κ3) is 2.65. The fourth-order valence-electron chi connectivity index (χ4n) is 2.06. The summed E-state index contributed by atoms with van der Waals surface area (Å²) in [6, 6.07) is 9.83. The van der Waals surface area contributed by atoms with E-state index in [1.807, 2.05) is 37.3 Å². The zero-order chi connectivity index (χ0) is 13.2. The van der Waals surface area contributed by atoms with Crippen molar-refractivity contribution in [1.29, 1.82) is 0 Å². The van der Waals surface area contributed by atoms with Crippen LogP contribution in [0.1, 0.15) is 30.4 Å². The molecule has 1 amide bonds. The van der Waals surface area contributed by atoms with E-state index < -0.39 is 0 Å². The summed E-state index contributed by atoms with van der Waals surface area (Å²) in [7, 11) is 0. The number of aromatic nitrogens is 3. The standard InChI is InChI=1S/C14H16N4O/c1-10(11-7-8-11)16-14(19)13-15-9-18(17-13)12-5-3-2-4-6-12/h2-6,9-11H,7-8H2,1H3,(H,16,19)/t10-/m0/s1. The van der Waals surface area contributed by atoms with Gasteiger partial charge in [0.1, 0.15) is 6.33 Å². The molecule has 0 bridgehead atoms. The number of rotatable bonds is 4. The van der Waals surface area contributed by atoms with Gasteiger partial charge in [-0.25, -0.2) is 9.67 Å². The summed E-state index contributed by atoms with van der Waals surface area (Å²) < 4.78 is 1.61. The van der Waals surface area contributed by atoms with E-state index in [0.717, 1.165) is 5.69 Å². The Morgan fingerprint density at radius 2 is 2.11 bits per heavy atom. The van der Waals surface area contributed by atoms with Crippen molar-refractivity contribution in [3.8, 4) is 5.69 Å². The number of hydrogen-bond acceptors (Lipinski definition) is 3. The summed E-state index contributed by atoms with van der Waals surface area (Å²) in [4.78, 5) is 16.0. The first-order chi connectivity index (χ1) is 9.24. The van der Waals surface area contributed by atoms with E-state index in [9.17, 15) is 4.79 Å². The van der Waals surface area contributed by atoms with Crippen molar-refractivity contribution < 1.29 is 4.79 Å². The average molecular weight is 256 g/mol. The minimum atomic E-state index is -0.200. The van der Waals surface area contributed by atoms with Crippen LogP contribution in [0.25, 0.3) is 5.69 Å². The molecule has 2 aromatic rings. The molecule has 1 aromatic carbocycles. The third-order valence-electron chi connectivity index (χ3n) is 3.40. The van der Waals surface area contributed by atoms with E-state index in [0.29, 0.717) is 5.92 Å². The van der Waals surface area contributed by atoms with Crippen LogP contribution in [0.2, 0.25) is 0 Å². The Hall–Kier alpha value is -2.17. The van der Waals surface area contributed by atoms with Gasteiger partial charge in [0.2, 0.25) is 5.82 Å². The molecule has 1 saturated carbocycles. The predicted octanol–water partition coefficient (Wildman–Crippen LogP) is 1.80. The molecule has 98 valence electrons. The van der Waals surface area contributed by atoms with E-state index in [1.165, 1.54) is 12.8 Å². The minimum Gasteiger partial charge on any atom is -0.347 e. The molecule has 1 fully saturated rings. The highest BCUT2D eigenvalue weighted by atomic mass is 16.2. The van der Waals surface area contributed by atoms with Crippen LogP contribution in [0.3, 0.4) is 0 Å². The lowest BCUT2D eigenvalue weighted by Crippen LogP contribution is -2.34. The van der Waals surface area contributed by atoms with Crippen molar-refractivity contribution in [2.45, 2.75) is 25.8 Å². The van der Waals surface area contributed by atoms with E-state index >= 15 is 0 Å². The van der Waals surface area contributed by atoms with Gasteiger partial charge < -0.3 is 5.32 Å². The van der Waals surface area contributed by atoms with Gasteiger partial charge in [-0.2, -0.15) is 0 Å². The quantitative estimate of drug-likeness (QED) is 0.907. The minimum absolute atomic E-state index is 0.200. The van der Waals surface area contributed by atoms with Crippen LogP contribution in [-0.2, 0) is 0 Å². The number of carbonyl (C=O) groups is 1. The Morgan fingerprint density at radius 1 is 1.37 bits per heavy atom. The van der Waals surface area contributed by atoms with Gasteiger partial charge in [0, 0.05) is 6.04 Å². The van der Waals surface area contributed by atoms with Crippen LogP contribution in [0.15, 0.2) is 36.7 Å². The largest absolute Gasteiger partial charge is 0.347 e. The first-order valence-electron chi connectivity index (χ1n) is 6.52. The highest BCUT2D eigenvalue weighted by Crippen LogP contribution is 2.32. The number of amides is 1. The van der Waals surface area contributed by atoms with Crippen LogP contribution in [0, 0.1) is 5.92 Å². The maximum absolute atomic E-state index is 12.0. The third-order valence-corrected chi connectivity index (χ3v) is 3.40. The molecule has 1 aromatic heterocycles. The lowest BCUT2D eigenvalue weighted by Gasteiger charge is -2.10. The van der Waals surface area contributed by atoms with Crippen LogP contribution in [0.4, 0.5) is 0 Å². The van der Waals surface area contributed by atoms with Gasteiger partial charge in [0.25, 0.3) is 5.91 Å². The van der Waals surface area contributed by atoms with Crippen LogP contribution in [-0.4, -0.2) is 26.7 Å². The summed E-state index contributed by atoms with van der Waals surface area (Å²) in [6.07, 6.45) is 3.96. The molecule has 5 heteroatoms. The molecule has 1 N–H and O–H groups in total. The highest BCUT2D eigenvalue weighted by Gasteiger charge is 2.29. The molecule has 1 atom stereocenters. The Bertz CT molecular complexity index is 574. The van der Waals surface area contributed by atoms with Gasteiger partial charge in [-0.15, -0.1) is 5.10 Å². The molecular weight excluding hydrogens is 240 g/mol. The molecule has 0 unspecified atom stereocenters. The van der Waals surface area contributed by atoms with Crippen molar-refractivity contribution >= 4 is 5.91 Å². The topological polar surface area (TPSA) is 59.8 Å². The second kappa shape index (κ2) is 4.84. The second-order valence-corrected chi connectivity index (χ2v) is 4.95. The van der Waals surface area contributed by atoms with Crippen LogP contribution >= 0.6 is 0 Å². The summed E-state index contributed by atoms with van der Waals surface area (Å²) in [5.74, 6) is 0.644. The lowest BCUT2D eigenvalue weighted by molar-refractivity contribution is 0.0925. The molecule has 0 radical (unpaired) electrons. The first kappa shape index (κ1) is 11.9. The number of benzene rings is 1. The molecule has 19 heavy (non-hydrogen) atoms. The summed E-state index contributed by atoms with van der Waals surface area (Å²) in [6.45, 7) is 2.03. The molecule has 0 spiro atoms. The molecule has 1 aliphatic carbocycles. The molecular formula is C14H16N4O. The highest BCUT2D eigenvalue weighted by molar-refractivity contribution is 5.90. The number of carbonyl (C=O) groups excluding carboxylic acids is 1. The number of hydrogen-bond donors (Lipinski definition) is 1.